The van der Waals surface area contributed by atoms with Crippen molar-refractivity contribution >= 4 is 29.9 Å². The van der Waals surface area contributed by atoms with Crippen LogP contribution in [0.2, 0.25) is 19.6 Å². The van der Waals surface area contributed by atoms with Crippen LogP contribution in [0.4, 0.5) is 0 Å². The molecule has 0 atom stereocenters. The van der Waals surface area contributed by atoms with E-state index < -0.39 is 8.07 Å². The zero-order chi connectivity index (χ0) is 21.4. The van der Waals surface area contributed by atoms with E-state index >= 15 is 0 Å². The normalized spacial score (nSPS) is 10.7. The number of carbonyl (C=O) groups is 1. The molecule has 1 amide bonds. The van der Waals surface area contributed by atoms with Crippen LogP contribution in [0.1, 0.15) is 16.7 Å². The molecule has 1 N–H and O–H groups in total. The van der Waals surface area contributed by atoms with Gasteiger partial charge in [0.25, 0.3) is 0 Å². The smallest absolute Gasteiger partial charge is 0.224 e. The minimum atomic E-state index is -1.47. The predicted octanol–water partition coefficient (Wildman–Crippen LogP) is 4.60. The Kier molecular flexibility index (Phi) is 8.36. The van der Waals surface area contributed by atoms with Crippen LogP contribution in [-0.4, -0.2) is 34.7 Å². The highest BCUT2D eigenvalue weighted by Gasteiger charge is 2.12. The van der Waals surface area contributed by atoms with Crippen molar-refractivity contribution in [3.05, 3.63) is 57.6 Å². The second kappa shape index (κ2) is 10.5. The van der Waals surface area contributed by atoms with Crippen molar-refractivity contribution in [2.45, 2.75) is 32.5 Å². The number of hydrogen-bond donors (Lipinski definition) is 1. The molecular formula is C23H28BrNO3Si. The van der Waals surface area contributed by atoms with Gasteiger partial charge in [-0.25, -0.2) is 0 Å². The molecule has 0 heterocycles. The van der Waals surface area contributed by atoms with E-state index in [1.807, 2.05) is 36.4 Å². The fraction of sp³-hybridized carbons (Fsp3) is 0.348. The molecule has 154 valence electrons. The Morgan fingerprint density at radius 1 is 1.07 bits per heavy atom. The van der Waals surface area contributed by atoms with Gasteiger partial charge in [0.1, 0.15) is 8.07 Å². The van der Waals surface area contributed by atoms with E-state index in [1.54, 1.807) is 14.2 Å². The third-order valence-corrected chi connectivity index (χ3v) is 5.82. The molecule has 2 rings (SSSR count). The third-order valence-electron chi connectivity index (χ3n) is 4.21. The van der Waals surface area contributed by atoms with Gasteiger partial charge in [0.05, 0.1) is 20.6 Å². The Bertz CT molecular complexity index is 926. The molecule has 29 heavy (non-hydrogen) atoms. The highest BCUT2D eigenvalue weighted by atomic mass is 79.9. The van der Waals surface area contributed by atoms with Crippen LogP contribution in [0, 0.1) is 11.5 Å². The van der Waals surface area contributed by atoms with Crippen LogP contribution in [0.5, 0.6) is 11.5 Å². The average Bonchev–Trinajstić information content (AvgIpc) is 2.67. The summed E-state index contributed by atoms with van der Waals surface area (Å²) in [6.07, 6.45) is 1.01. The third kappa shape index (κ3) is 7.26. The second-order valence-electron chi connectivity index (χ2n) is 7.73. The first-order valence-corrected chi connectivity index (χ1v) is 13.8. The molecule has 2 aromatic carbocycles. The van der Waals surface area contributed by atoms with Crippen molar-refractivity contribution in [3.63, 3.8) is 0 Å². The molecule has 0 spiro atoms. The molecule has 0 aliphatic carbocycles. The second-order valence-corrected chi connectivity index (χ2v) is 13.3. The topological polar surface area (TPSA) is 47.6 Å². The van der Waals surface area contributed by atoms with Crippen LogP contribution in [0.15, 0.2) is 40.9 Å². The maximum atomic E-state index is 12.5. The molecule has 0 aromatic heterocycles. The van der Waals surface area contributed by atoms with E-state index in [0.717, 1.165) is 21.2 Å². The number of halogens is 1. The van der Waals surface area contributed by atoms with E-state index in [4.69, 9.17) is 9.47 Å². The number of methoxy groups -OCH3 is 2. The van der Waals surface area contributed by atoms with Crippen LogP contribution < -0.4 is 14.8 Å². The summed E-state index contributed by atoms with van der Waals surface area (Å²) in [4.78, 5) is 12.5. The molecular weight excluding hydrogens is 446 g/mol. The Balaban J connectivity index is 1.99. The lowest BCUT2D eigenvalue weighted by Gasteiger charge is -2.12. The summed E-state index contributed by atoms with van der Waals surface area (Å²) in [5.41, 5.74) is 6.32. The van der Waals surface area contributed by atoms with Gasteiger partial charge in [0, 0.05) is 16.6 Å². The van der Waals surface area contributed by atoms with Gasteiger partial charge in [-0.3, -0.25) is 4.79 Å². The maximum Gasteiger partial charge on any atom is 0.224 e. The van der Waals surface area contributed by atoms with E-state index in [2.05, 4.69) is 52.4 Å². The largest absolute Gasteiger partial charge is 0.493 e. The highest BCUT2D eigenvalue weighted by molar-refractivity contribution is 9.10. The molecule has 6 heteroatoms. The summed E-state index contributed by atoms with van der Waals surface area (Å²) in [7, 11) is 1.75. The number of nitrogens with one attached hydrogen (secondary N) is 1. The number of rotatable bonds is 7. The van der Waals surface area contributed by atoms with Gasteiger partial charge in [-0.15, -0.1) is 5.54 Å². The number of benzene rings is 2. The summed E-state index contributed by atoms with van der Waals surface area (Å²) in [5, 5.41) is 3.00. The Labute approximate surface area is 183 Å². The monoisotopic (exact) mass is 473 g/mol. The highest BCUT2D eigenvalue weighted by Crippen LogP contribution is 2.33. The van der Waals surface area contributed by atoms with E-state index in [1.165, 1.54) is 0 Å². The van der Waals surface area contributed by atoms with Gasteiger partial charge in [0.15, 0.2) is 11.5 Å². The van der Waals surface area contributed by atoms with Crippen molar-refractivity contribution in [2.24, 2.45) is 0 Å². The van der Waals surface area contributed by atoms with Crippen LogP contribution in [0.25, 0.3) is 0 Å². The van der Waals surface area contributed by atoms with Crippen molar-refractivity contribution < 1.29 is 14.3 Å². The van der Waals surface area contributed by atoms with Crippen molar-refractivity contribution in [1.29, 1.82) is 0 Å². The van der Waals surface area contributed by atoms with Gasteiger partial charge in [-0.1, -0.05) is 59.7 Å². The molecule has 0 unspecified atom stereocenters. The first-order chi connectivity index (χ1) is 13.7. The zero-order valence-corrected chi connectivity index (χ0v) is 20.3. The first-order valence-electron chi connectivity index (χ1n) is 9.51. The SMILES string of the molecule is COc1cc(Br)c(CCNC(=O)Cc2ccccc2C#C[Si](C)(C)C)cc1OC. The van der Waals surface area contributed by atoms with E-state index in [9.17, 15) is 4.79 Å². The molecule has 0 radical (unpaired) electrons. The summed E-state index contributed by atoms with van der Waals surface area (Å²) in [6, 6.07) is 11.7. The zero-order valence-electron chi connectivity index (χ0n) is 17.7. The van der Waals surface area contributed by atoms with Crippen LogP contribution >= 0.6 is 15.9 Å². The van der Waals surface area contributed by atoms with Crippen LogP contribution in [-0.2, 0) is 17.6 Å². The molecule has 0 bridgehead atoms. The standard InChI is InChI=1S/C23H28BrNO3Si/c1-27-21-14-19(20(24)16-22(21)28-2)10-12-25-23(26)15-18-9-7-6-8-17(18)11-13-29(3,4)5/h6-9,14,16H,10,12,15H2,1-5H3,(H,25,26). The van der Waals surface area contributed by atoms with Crippen LogP contribution in [0.3, 0.4) is 0 Å². The summed E-state index contributed by atoms with van der Waals surface area (Å²) >= 11 is 3.55. The summed E-state index contributed by atoms with van der Waals surface area (Å²) in [6.45, 7) is 7.17. The van der Waals surface area contributed by atoms with Gasteiger partial charge in [-0.05, 0) is 35.7 Å². The lowest BCUT2D eigenvalue weighted by molar-refractivity contribution is -0.120. The molecule has 4 nitrogen and oxygen atoms in total. The average molecular weight is 474 g/mol. The number of ether oxygens (including phenoxy) is 2. The Morgan fingerprint density at radius 2 is 1.72 bits per heavy atom. The number of carbonyl (C=O) groups excluding carboxylic acids is 1. The van der Waals surface area contributed by atoms with E-state index in [-0.39, 0.29) is 5.91 Å². The lowest BCUT2D eigenvalue weighted by atomic mass is 10.0. The lowest BCUT2D eigenvalue weighted by Crippen LogP contribution is -2.27. The minimum absolute atomic E-state index is 0.0103. The van der Waals surface area contributed by atoms with Crippen molar-refractivity contribution in [2.75, 3.05) is 20.8 Å². The Morgan fingerprint density at radius 3 is 2.38 bits per heavy atom. The van der Waals surface area contributed by atoms with Gasteiger partial charge < -0.3 is 14.8 Å². The number of amides is 1. The molecule has 0 saturated carbocycles. The molecule has 2 aromatic rings. The summed E-state index contributed by atoms with van der Waals surface area (Å²) in [5.74, 6) is 4.60. The Hall–Kier alpha value is -2.23. The quantitative estimate of drug-likeness (QED) is 0.472. The molecule has 0 fully saturated rings. The summed E-state index contributed by atoms with van der Waals surface area (Å²) < 4.78 is 11.6. The van der Waals surface area contributed by atoms with Gasteiger partial charge in [0.2, 0.25) is 5.91 Å². The van der Waals surface area contributed by atoms with Crippen molar-refractivity contribution in [1.82, 2.24) is 5.32 Å². The van der Waals surface area contributed by atoms with Gasteiger partial charge >= 0.3 is 0 Å². The number of hydrogen-bond acceptors (Lipinski definition) is 3. The molecule has 0 aliphatic rings. The fourth-order valence-corrected chi connectivity index (χ4v) is 3.74. The maximum absolute atomic E-state index is 12.5. The fourth-order valence-electron chi connectivity index (χ4n) is 2.71. The van der Waals surface area contributed by atoms with Gasteiger partial charge in [-0.2, -0.15) is 0 Å². The molecule has 0 aliphatic heterocycles. The molecule has 0 saturated heterocycles. The van der Waals surface area contributed by atoms with Crippen molar-refractivity contribution in [3.8, 4) is 23.0 Å². The predicted molar refractivity (Wildman–Crippen MR) is 124 cm³/mol. The van der Waals surface area contributed by atoms with E-state index in [0.29, 0.717) is 30.9 Å². The first kappa shape index (κ1) is 23.0. The minimum Gasteiger partial charge on any atom is -0.493 e.